The van der Waals surface area contributed by atoms with Crippen molar-refractivity contribution in [1.29, 1.82) is 0 Å². The first kappa shape index (κ1) is 9.25. The number of hydrogen-bond acceptors (Lipinski definition) is 2. The largest absolute Gasteiger partial charge is 0.376 e. The molecule has 1 heterocycles. The zero-order chi connectivity index (χ0) is 8.97. The highest BCUT2D eigenvalue weighted by Gasteiger charge is 2.16. The predicted octanol–water partition coefficient (Wildman–Crippen LogP) is -0.558. The molecule has 68 valence electrons. The molecule has 5 heteroatoms. The quantitative estimate of drug-likeness (QED) is 0.569. The summed E-state index contributed by atoms with van der Waals surface area (Å²) < 4.78 is 0. The van der Waals surface area contributed by atoms with Gasteiger partial charge in [0.15, 0.2) is 5.11 Å². The molecule has 1 saturated heterocycles. The summed E-state index contributed by atoms with van der Waals surface area (Å²) in [4.78, 5) is 13.1. The molecule has 4 nitrogen and oxygen atoms in total. The first-order valence-electron chi connectivity index (χ1n) is 4.01. The number of nitrogens with zero attached hydrogens (tertiary/aromatic N) is 1. The van der Waals surface area contributed by atoms with Crippen LogP contribution in [-0.4, -0.2) is 35.6 Å². The van der Waals surface area contributed by atoms with Crippen LogP contribution in [0.15, 0.2) is 0 Å². The number of hydrogen-bond donors (Lipinski definition) is 2. The van der Waals surface area contributed by atoms with Crippen LogP contribution >= 0.6 is 12.2 Å². The lowest BCUT2D eigenvalue weighted by atomic mass is 10.4. The number of rotatable bonds is 2. The van der Waals surface area contributed by atoms with E-state index in [0.717, 1.165) is 25.9 Å². The summed E-state index contributed by atoms with van der Waals surface area (Å²) in [6.07, 6.45) is 2.22. The summed E-state index contributed by atoms with van der Waals surface area (Å²) in [7, 11) is 0. The molecule has 0 aromatic heterocycles. The molecule has 0 unspecified atom stereocenters. The Morgan fingerprint density at radius 2 is 2.08 bits per heavy atom. The van der Waals surface area contributed by atoms with Crippen molar-refractivity contribution < 1.29 is 4.79 Å². The summed E-state index contributed by atoms with van der Waals surface area (Å²) >= 11 is 4.58. The number of likely N-dealkylation sites (tertiary alicyclic amines) is 1. The molecule has 1 fully saturated rings. The van der Waals surface area contributed by atoms with E-state index in [9.17, 15) is 4.79 Å². The van der Waals surface area contributed by atoms with Gasteiger partial charge in [-0.15, -0.1) is 0 Å². The van der Waals surface area contributed by atoms with Crippen molar-refractivity contribution in [2.24, 2.45) is 5.73 Å². The molecule has 0 aromatic rings. The van der Waals surface area contributed by atoms with Crippen LogP contribution in [0.2, 0.25) is 0 Å². The number of thiocarbonyl (C=S) groups is 1. The van der Waals surface area contributed by atoms with Crippen LogP contribution in [0, 0.1) is 0 Å². The third-order valence-electron chi connectivity index (χ3n) is 1.87. The van der Waals surface area contributed by atoms with Crippen LogP contribution in [0.3, 0.4) is 0 Å². The molecule has 1 aliphatic rings. The molecule has 0 saturated carbocycles. The topological polar surface area (TPSA) is 58.4 Å². The highest BCUT2D eigenvalue weighted by atomic mass is 32.1. The van der Waals surface area contributed by atoms with E-state index >= 15 is 0 Å². The van der Waals surface area contributed by atoms with Gasteiger partial charge in [0, 0.05) is 13.1 Å². The number of amides is 1. The Kier molecular flexibility index (Phi) is 3.28. The minimum atomic E-state index is 0.0836. The highest BCUT2D eigenvalue weighted by molar-refractivity contribution is 7.80. The lowest BCUT2D eigenvalue weighted by Gasteiger charge is -2.15. The molecule has 3 N–H and O–H groups in total. The number of nitrogens with two attached hydrogens (primary N) is 1. The van der Waals surface area contributed by atoms with E-state index in [0.29, 0.717) is 0 Å². The van der Waals surface area contributed by atoms with E-state index in [1.54, 1.807) is 0 Å². The van der Waals surface area contributed by atoms with Gasteiger partial charge in [-0.3, -0.25) is 4.79 Å². The number of carbonyl (C=O) groups excluding carboxylic acids is 1. The standard InChI is InChI=1S/C7H13N3OS/c8-7(12)9-5-6(11)10-3-1-2-4-10/h1-5H2,(H3,8,9,12). The van der Waals surface area contributed by atoms with Crippen LogP contribution < -0.4 is 11.1 Å². The smallest absolute Gasteiger partial charge is 0.241 e. The SMILES string of the molecule is NC(=S)NCC(=O)N1CCCC1. The number of carbonyl (C=O) groups is 1. The van der Waals surface area contributed by atoms with E-state index in [4.69, 9.17) is 5.73 Å². The molecule has 1 aliphatic heterocycles. The van der Waals surface area contributed by atoms with Gasteiger partial charge in [-0.25, -0.2) is 0 Å². The molecule has 0 aliphatic carbocycles. The van der Waals surface area contributed by atoms with E-state index in [2.05, 4.69) is 17.5 Å². The Bertz CT molecular complexity index is 189. The van der Waals surface area contributed by atoms with Gasteiger partial charge in [0.25, 0.3) is 0 Å². The van der Waals surface area contributed by atoms with Gasteiger partial charge in [-0.2, -0.15) is 0 Å². The Labute approximate surface area is 77.1 Å². The van der Waals surface area contributed by atoms with Gasteiger partial charge in [-0.1, -0.05) is 0 Å². The highest BCUT2D eigenvalue weighted by Crippen LogP contribution is 2.06. The monoisotopic (exact) mass is 187 g/mol. The molecule has 1 rings (SSSR count). The third-order valence-corrected chi connectivity index (χ3v) is 2.02. The maximum atomic E-state index is 11.3. The summed E-state index contributed by atoms with van der Waals surface area (Å²) in [5.41, 5.74) is 5.19. The lowest BCUT2D eigenvalue weighted by molar-refractivity contribution is -0.128. The van der Waals surface area contributed by atoms with Gasteiger partial charge in [0.1, 0.15) is 0 Å². The van der Waals surface area contributed by atoms with E-state index in [1.165, 1.54) is 0 Å². The van der Waals surface area contributed by atoms with Crippen molar-refractivity contribution in [3.05, 3.63) is 0 Å². The Balaban J connectivity index is 2.23. The maximum absolute atomic E-state index is 11.3. The summed E-state index contributed by atoms with van der Waals surface area (Å²) in [6, 6.07) is 0. The van der Waals surface area contributed by atoms with Crippen LogP contribution in [0.4, 0.5) is 0 Å². The summed E-state index contributed by atoms with van der Waals surface area (Å²) in [5.74, 6) is 0.0836. The lowest BCUT2D eigenvalue weighted by Crippen LogP contribution is -2.40. The minimum absolute atomic E-state index is 0.0836. The van der Waals surface area contributed by atoms with Gasteiger partial charge in [-0.05, 0) is 25.1 Å². The number of nitrogens with one attached hydrogen (secondary N) is 1. The third kappa shape index (κ3) is 2.65. The second-order valence-corrected chi connectivity index (χ2v) is 3.25. The Morgan fingerprint density at radius 1 is 1.50 bits per heavy atom. The van der Waals surface area contributed by atoms with Crippen LogP contribution in [0.1, 0.15) is 12.8 Å². The van der Waals surface area contributed by atoms with Gasteiger partial charge in [0.2, 0.25) is 5.91 Å². The first-order valence-corrected chi connectivity index (χ1v) is 4.42. The fourth-order valence-electron chi connectivity index (χ4n) is 1.24. The van der Waals surface area contributed by atoms with E-state index < -0.39 is 0 Å². The Hall–Kier alpha value is -0.840. The van der Waals surface area contributed by atoms with Crippen molar-refractivity contribution in [2.45, 2.75) is 12.8 Å². The second-order valence-electron chi connectivity index (χ2n) is 2.81. The van der Waals surface area contributed by atoms with Crippen molar-refractivity contribution >= 4 is 23.2 Å². The predicted molar refractivity (Wildman–Crippen MR) is 50.6 cm³/mol. The van der Waals surface area contributed by atoms with E-state index in [-0.39, 0.29) is 17.6 Å². The van der Waals surface area contributed by atoms with Gasteiger partial charge < -0.3 is 16.0 Å². The summed E-state index contributed by atoms with van der Waals surface area (Å²) in [5, 5.41) is 2.82. The second kappa shape index (κ2) is 4.25. The van der Waals surface area contributed by atoms with E-state index in [1.807, 2.05) is 4.90 Å². The first-order chi connectivity index (χ1) is 5.70. The fraction of sp³-hybridized carbons (Fsp3) is 0.714. The zero-order valence-corrected chi connectivity index (χ0v) is 7.69. The maximum Gasteiger partial charge on any atom is 0.241 e. The minimum Gasteiger partial charge on any atom is -0.376 e. The van der Waals surface area contributed by atoms with Gasteiger partial charge >= 0.3 is 0 Å². The van der Waals surface area contributed by atoms with Crippen LogP contribution in [0.5, 0.6) is 0 Å². The average Bonchev–Trinajstić information content (AvgIpc) is 2.51. The van der Waals surface area contributed by atoms with Crippen molar-refractivity contribution in [3.63, 3.8) is 0 Å². The van der Waals surface area contributed by atoms with Crippen LogP contribution in [0.25, 0.3) is 0 Å². The summed E-state index contributed by atoms with van der Waals surface area (Å²) in [6.45, 7) is 1.98. The molecular weight excluding hydrogens is 174 g/mol. The van der Waals surface area contributed by atoms with Crippen molar-refractivity contribution in [3.8, 4) is 0 Å². The molecule has 1 amide bonds. The van der Waals surface area contributed by atoms with Crippen molar-refractivity contribution in [2.75, 3.05) is 19.6 Å². The Morgan fingerprint density at radius 3 is 2.58 bits per heavy atom. The molecule has 0 atom stereocenters. The van der Waals surface area contributed by atoms with Crippen LogP contribution in [-0.2, 0) is 4.79 Å². The molecule has 0 spiro atoms. The molecule has 12 heavy (non-hydrogen) atoms. The molecular formula is C7H13N3OS. The zero-order valence-electron chi connectivity index (χ0n) is 6.88. The molecule has 0 radical (unpaired) electrons. The van der Waals surface area contributed by atoms with Crippen molar-refractivity contribution in [1.82, 2.24) is 10.2 Å². The molecule has 0 bridgehead atoms. The average molecular weight is 187 g/mol. The van der Waals surface area contributed by atoms with Gasteiger partial charge in [0.05, 0.1) is 6.54 Å². The normalized spacial score (nSPS) is 16.2. The molecule has 0 aromatic carbocycles. The fourth-order valence-corrected chi connectivity index (χ4v) is 1.31.